The first kappa shape index (κ1) is 21.7. The Bertz CT molecular complexity index is 863. The van der Waals surface area contributed by atoms with Crippen molar-refractivity contribution >= 4 is 44.9 Å². The van der Waals surface area contributed by atoms with Crippen molar-refractivity contribution in [2.75, 3.05) is 12.3 Å². The van der Waals surface area contributed by atoms with Crippen LogP contribution in [0, 0.1) is 5.82 Å². The predicted octanol–water partition coefficient (Wildman–Crippen LogP) is -3.90. The summed E-state index contributed by atoms with van der Waals surface area (Å²) in [7, 11) is 10.9. The highest BCUT2D eigenvalue weighted by Gasteiger charge is 2.58. The molecule has 1 aromatic carbocycles. The summed E-state index contributed by atoms with van der Waals surface area (Å²) >= 11 is 0. The maximum atomic E-state index is 13.9. The third-order valence-electron chi connectivity index (χ3n) is 4.53. The molecular formula is C15H16B2FN3O7. The molecular weight excluding hydrogens is 375 g/mol. The third-order valence-corrected chi connectivity index (χ3v) is 4.53. The van der Waals surface area contributed by atoms with Crippen molar-refractivity contribution in [3.05, 3.63) is 16.9 Å². The Morgan fingerprint density at radius 1 is 1.46 bits per heavy atom. The second-order valence-corrected chi connectivity index (χ2v) is 6.21. The molecule has 1 aliphatic heterocycles. The molecule has 2 rings (SSSR count). The molecule has 0 spiro atoms. The zero-order chi connectivity index (χ0) is 21.6. The number of hydrogen-bond donors (Lipinski definition) is 6. The van der Waals surface area contributed by atoms with Crippen LogP contribution < -0.4 is 16.5 Å². The number of rotatable bonds is 6. The number of anilines is 1. The molecule has 0 saturated heterocycles. The number of phenols is 1. The molecule has 10 nitrogen and oxygen atoms in total. The van der Waals surface area contributed by atoms with Crippen LogP contribution in [0.4, 0.5) is 10.1 Å². The Morgan fingerprint density at radius 2 is 2.04 bits per heavy atom. The van der Waals surface area contributed by atoms with Crippen LogP contribution in [-0.4, -0.2) is 83.0 Å². The summed E-state index contributed by atoms with van der Waals surface area (Å²) in [5.41, 5.74) is 0.432. The Hall–Kier alpha value is -2.63. The standard InChI is InChI=1S/C15H16B2FN3O7/c1-2-20-13(25)15(27,28)14(17,26)6(4-22)21-3-5-7(12(21)24)11(23)9(18)8(16)10(5)19/h4,6,23,26-28H,2-3,19H2,1H3,(H,20,25). The van der Waals surface area contributed by atoms with E-state index in [2.05, 4.69) is 0 Å². The minimum absolute atomic E-state index is 0.0689. The highest BCUT2D eigenvalue weighted by atomic mass is 19.1. The number of phenolic OH excluding ortho intramolecular Hbond substituents is 1. The number of aliphatic hydroxyl groups is 3. The number of nitrogens with zero attached hydrogens (tertiary/aromatic N) is 1. The number of benzene rings is 1. The molecule has 28 heavy (non-hydrogen) atoms. The van der Waals surface area contributed by atoms with Gasteiger partial charge in [0.05, 0.1) is 5.56 Å². The molecule has 7 N–H and O–H groups in total. The quantitative estimate of drug-likeness (QED) is 0.0939. The van der Waals surface area contributed by atoms with Crippen molar-refractivity contribution in [1.29, 1.82) is 0 Å². The van der Waals surface area contributed by atoms with Gasteiger partial charge in [-0.2, -0.15) is 0 Å². The first-order valence-corrected chi connectivity index (χ1v) is 7.93. The first-order valence-electron chi connectivity index (χ1n) is 7.93. The van der Waals surface area contributed by atoms with Gasteiger partial charge < -0.3 is 41.2 Å². The van der Waals surface area contributed by atoms with Gasteiger partial charge in [0.1, 0.15) is 33.5 Å². The average molecular weight is 391 g/mol. The van der Waals surface area contributed by atoms with Crippen LogP contribution >= 0.6 is 0 Å². The van der Waals surface area contributed by atoms with Gasteiger partial charge in [-0.1, -0.05) is 0 Å². The number of fused-ring (bicyclic) bond motifs is 1. The van der Waals surface area contributed by atoms with Crippen molar-refractivity contribution in [1.82, 2.24) is 10.2 Å². The van der Waals surface area contributed by atoms with Gasteiger partial charge in [0.15, 0.2) is 11.6 Å². The molecule has 4 radical (unpaired) electrons. The van der Waals surface area contributed by atoms with E-state index in [0.717, 1.165) is 0 Å². The number of nitrogens with one attached hydrogen (secondary N) is 1. The molecule has 2 unspecified atom stereocenters. The van der Waals surface area contributed by atoms with E-state index in [0.29, 0.717) is 4.90 Å². The molecule has 0 fully saturated rings. The van der Waals surface area contributed by atoms with Gasteiger partial charge in [-0.25, -0.2) is 4.39 Å². The lowest BCUT2D eigenvalue weighted by molar-refractivity contribution is -0.243. The number of aromatic hydroxyl groups is 1. The predicted molar refractivity (Wildman–Crippen MR) is 94.1 cm³/mol. The van der Waals surface area contributed by atoms with E-state index in [9.17, 15) is 39.2 Å². The molecule has 1 aliphatic rings. The minimum Gasteiger partial charge on any atom is -0.504 e. The number of nitrogen functional groups attached to an aromatic ring is 1. The lowest BCUT2D eigenvalue weighted by atomic mass is 9.68. The molecule has 0 bridgehead atoms. The van der Waals surface area contributed by atoms with Crippen LogP contribution in [-0.2, 0) is 16.1 Å². The molecule has 0 aliphatic carbocycles. The third kappa shape index (κ3) is 2.91. The molecule has 1 heterocycles. The van der Waals surface area contributed by atoms with Crippen molar-refractivity contribution < 1.29 is 39.2 Å². The number of amides is 2. The Labute approximate surface area is 160 Å². The maximum Gasteiger partial charge on any atom is 0.282 e. The van der Waals surface area contributed by atoms with E-state index in [4.69, 9.17) is 21.4 Å². The Morgan fingerprint density at radius 3 is 2.54 bits per heavy atom. The van der Waals surface area contributed by atoms with Crippen LogP contribution in [0.3, 0.4) is 0 Å². The van der Waals surface area contributed by atoms with E-state index >= 15 is 0 Å². The molecule has 13 heteroatoms. The molecule has 146 valence electrons. The van der Waals surface area contributed by atoms with Gasteiger partial charge in [-0.05, 0) is 12.4 Å². The molecule has 2 amide bonds. The smallest absolute Gasteiger partial charge is 0.282 e. The SMILES string of the molecule is [B]c1c(N)c2c(c(O)c1F)C(=O)N(C(C=O)C([B])(O)C(O)(O)C(=O)NCC)C2. The van der Waals surface area contributed by atoms with Crippen molar-refractivity contribution in [2.24, 2.45) is 0 Å². The average Bonchev–Trinajstić information content (AvgIpc) is 2.96. The molecule has 2 atom stereocenters. The van der Waals surface area contributed by atoms with Crippen LogP contribution in [0.2, 0.25) is 0 Å². The van der Waals surface area contributed by atoms with Gasteiger partial charge in [0, 0.05) is 24.3 Å². The largest absolute Gasteiger partial charge is 0.504 e. The molecule has 1 aromatic rings. The number of likely N-dealkylation sites (N-methyl/N-ethyl adjacent to an activating group) is 1. The highest BCUT2D eigenvalue weighted by molar-refractivity contribution is 6.36. The van der Waals surface area contributed by atoms with Gasteiger partial charge in [0.2, 0.25) is 0 Å². The van der Waals surface area contributed by atoms with E-state index in [1.807, 2.05) is 5.32 Å². The summed E-state index contributed by atoms with van der Waals surface area (Å²) in [5.74, 6) is -8.93. The summed E-state index contributed by atoms with van der Waals surface area (Å²) < 4.78 is 13.9. The summed E-state index contributed by atoms with van der Waals surface area (Å²) in [6.45, 7) is 0.777. The number of carbonyl (C=O) groups excluding carboxylic acids is 3. The normalized spacial score (nSPS) is 17.0. The monoisotopic (exact) mass is 391 g/mol. The topological polar surface area (TPSA) is 173 Å². The maximum absolute atomic E-state index is 13.9. The van der Waals surface area contributed by atoms with Crippen molar-refractivity contribution in [2.45, 2.75) is 30.8 Å². The Kier molecular flexibility index (Phi) is 5.48. The first-order chi connectivity index (χ1) is 12.8. The van der Waals surface area contributed by atoms with Crippen LogP contribution in [0.15, 0.2) is 0 Å². The summed E-state index contributed by atoms with van der Waals surface area (Å²) in [5, 5.41) is 42.3. The van der Waals surface area contributed by atoms with E-state index in [-0.39, 0.29) is 18.4 Å². The van der Waals surface area contributed by atoms with Gasteiger partial charge in [-0.15, -0.1) is 0 Å². The van der Waals surface area contributed by atoms with Crippen LogP contribution in [0.25, 0.3) is 0 Å². The zero-order valence-corrected chi connectivity index (χ0v) is 14.6. The molecule has 0 aromatic heterocycles. The summed E-state index contributed by atoms with van der Waals surface area (Å²) in [6.07, 6.45) is -0.114. The van der Waals surface area contributed by atoms with Gasteiger partial charge in [0.25, 0.3) is 17.6 Å². The number of nitrogens with two attached hydrogens (primary N) is 1. The highest BCUT2D eigenvalue weighted by Crippen LogP contribution is 2.38. The summed E-state index contributed by atoms with van der Waals surface area (Å²) in [6, 6.07) is -2.20. The number of halogens is 1. The van der Waals surface area contributed by atoms with E-state index in [1.54, 1.807) is 0 Å². The van der Waals surface area contributed by atoms with Crippen molar-refractivity contribution in [3.8, 4) is 5.75 Å². The minimum atomic E-state index is -3.69. The van der Waals surface area contributed by atoms with E-state index in [1.165, 1.54) is 6.92 Å². The zero-order valence-electron chi connectivity index (χ0n) is 14.6. The molecule has 0 saturated carbocycles. The fourth-order valence-corrected chi connectivity index (χ4v) is 2.89. The lowest BCUT2D eigenvalue weighted by Crippen LogP contribution is -2.71. The Balaban J connectivity index is 2.53. The van der Waals surface area contributed by atoms with Crippen LogP contribution in [0.1, 0.15) is 22.8 Å². The lowest BCUT2D eigenvalue weighted by Gasteiger charge is -2.42. The number of carbonyl (C=O) groups is 3. The fourth-order valence-electron chi connectivity index (χ4n) is 2.89. The second-order valence-electron chi connectivity index (χ2n) is 6.21. The second kappa shape index (κ2) is 7.08. The number of hydrogen-bond acceptors (Lipinski definition) is 8. The van der Waals surface area contributed by atoms with Crippen molar-refractivity contribution in [3.63, 3.8) is 0 Å². The van der Waals surface area contributed by atoms with Crippen LogP contribution in [0.5, 0.6) is 5.75 Å². The summed E-state index contributed by atoms with van der Waals surface area (Å²) in [4.78, 5) is 36.5. The fraction of sp³-hybridized carbons (Fsp3) is 0.400. The van der Waals surface area contributed by atoms with E-state index < -0.39 is 64.0 Å². The van der Waals surface area contributed by atoms with Gasteiger partial charge in [-0.3, -0.25) is 9.59 Å². The van der Waals surface area contributed by atoms with Gasteiger partial charge >= 0.3 is 0 Å². The number of aldehydes is 1.